The van der Waals surface area contributed by atoms with E-state index in [-0.39, 0.29) is 19.9 Å². The van der Waals surface area contributed by atoms with Gasteiger partial charge in [0.15, 0.2) is 18.1 Å². The van der Waals surface area contributed by atoms with Gasteiger partial charge in [0, 0.05) is 11.9 Å². The van der Waals surface area contributed by atoms with Gasteiger partial charge in [-0.25, -0.2) is 9.78 Å². The molecule has 6 rings (SSSR count). The second kappa shape index (κ2) is 9.22. The smallest absolute Gasteiger partial charge is 0.339 e. The van der Waals surface area contributed by atoms with E-state index in [2.05, 4.69) is 5.32 Å². The van der Waals surface area contributed by atoms with Crippen LogP contribution in [0.3, 0.4) is 0 Å². The molecule has 0 atom stereocenters. The van der Waals surface area contributed by atoms with Crippen LogP contribution in [0, 0.1) is 0 Å². The lowest BCUT2D eigenvalue weighted by Crippen LogP contribution is -2.28. The number of nitrogens with one attached hydrogen (secondary N) is 1. The van der Waals surface area contributed by atoms with Gasteiger partial charge in [-0.05, 0) is 65.9 Å². The van der Waals surface area contributed by atoms with E-state index >= 15 is 0 Å². The number of benzene rings is 2. The molecule has 0 fully saturated rings. The molecule has 180 valence electrons. The van der Waals surface area contributed by atoms with Crippen LogP contribution in [-0.2, 0) is 22.5 Å². The molecule has 1 aliphatic carbocycles. The summed E-state index contributed by atoms with van der Waals surface area (Å²) in [7, 11) is 0. The predicted molar refractivity (Wildman–Crippen MR) is 131 cm³/mol. The molecule has 2 aliphatic rings. The summed E-state index contributed by atoms with van der Waals surface area (Å²) in [5.41, 5.74) is 4.61. The van der Waals surface area contributed by atoms with Crippen LogP contribution in [0.4, 0.5) is 0 Å². The first-order chi connectivity index (χ1) is 17.7. The number of fused-ring (bicyclic) bond motifs is 3. The van der Waals surface area contributed by atoms with Crippen molar-refractivity contribution in [1.82, 2.24) is 10.3 Å². The Hall–Kier alpha value is -4.59. The quantitative estimate of drug-likeness (QED) is 0.404. The maximum absolute atomic E-state index is 13.3. The van der Waals surface area contributed by atoms with Gasteiger partial charge in [0.25, 0.3) is 5.91 Å². The summed E-state index contributed by atoms with van der Waals surface area (Å²) in [6.07, 6.45) is 4.96. The molecular formula is C28H22N2O6. The number of aromatic nitrogens is 1. The number of para-hydroxylation sites is 1. The summed E-state index contributed by atoms with van der Waals surface area (Å²) in [5, 5.41) is 3.48. The van der Waals surface area contributed by atoms with Crippen molar-refractivity contribution < 1.29 is 28.2 Å². The molecule has 4 aromatic rings. The van der Waals surface area contributed by atoms with Crippen molar-refractivity contribution in [1.29, 1.82) is 0 Å². The Bertz CT molecular complexity index is 1510. The van der Waals surface area contributed by atoms with Crippen molar-refractivity contribution >= 4 is 34.4 Å². The molecule has 1 N–H and O–H groups in total. The van der Waals surface area contributed by atoms with Crippen molar-refractivity contribution in [3.8, 4) is 11.5 Å². The minimum absolute atomic E-state index is 0.189. The summed E-state index contributed by atoms with van der Waals surface area (Å²) in [4.78, 5) is 30.5. The van der Waals surface area contributed by atoms with Gasteiger partial charge < -0.3 is 23.9 Å². The molecule has 8 nitrogen and oxygen atoms in total. The number of pyridine rings is 1. The Labute approximate surface area is 206 Å². The summed E-state index contributed by atoms with van der Waals surface area (Å²) in [6.45, 7) is 0.0834. The van der Waals surface area contributed by atoms with Crippen molar-refractivity contribution in [3.63, 3.8) is 0 Å². The molecule has 2 aromatic carbocycles. The number of hydrogen-bond donors (Lipinski definition) is 1. The fraction of sp³-hybridized carbons (Fsp3) is 0.179. The average molecular weight is 482 g/mol. The molecule has 0 spiro atoms. The highest BCUT2D eigenvalue weighted by Gasteiger charge is 2.28. The Morgan fingerprint density at radius 2 is 1.92 bits per heavy atom. The monoisotopic (exact) mass is 482 g/mol. The lowest BCUT2D eigenvalue weighted by Gasteiger charge is -2.12. The predicted octanol–water partition coefficient (Wildman–Crippen LogP) is 4.52. The Balaban J connectivity index is 1.19. The molecule has 1 amide bonds. The maximum Gasteiger partial charge on any atom is 0.339 e. The second-order valence-electron chi connectivity index (χ2n) is 8.56. The second-order valence-corrected chi connectivity index (χ2v) is 8.56. The molecular weight excluding hydrogens is 460 g/mol. The van der Waals surface area contributed by atoms with Gasteiger partial charge in [0.1, 0.15) is 5.76 Å². The third-order valence-corrected chi connectivity index (χ3v) is 6.27. The zero-order chi connectivity index (χ0) is 24.5. The van der Waals surface area contributed by atoms with Crippen LogP contribution >= 0.6 is 0 Å². The summed E-state index contributed by atoms with van der Waals surface area (Å²) < 4.78 is 21.6. The number of nitrogens with zero attached hydrogens (tertiary/aromatic N) is 1. The topological polar surface area (TPSA) is 99.9 Å². The fourth-order valence-corrected chi connectivity index (χ4v) is 4.56. The van der Waals surface area contributed by atoms with Crippen LogP contribution in [0.15, 0.2) is 65.3 Å². The highest BCUT2D eigenvalue weighted by molar-refractivity contribution is 6.07. The molecule has 0 bridgehead atoms. The molecule has 0 radical (unpaired) electrons. The Morgan fingerprint density at radius 3 is 2.81 bits per heavy atom. The van der Waals surface area contributed by atoms with Crippen molar-refractivity contribution in [2.45, 2.75) is 19.4 Å². The summed E-state index contributed by atoms with van der Waals surface area (Å²) in [5.74, 6) is 1.12. The van der Waals surface area contributed by atoms with Crippen molar-refractivity contribution in [2.75, 3.05) is 13.4 Å². The molecule has 1 aliphatic heterocycles. The van der Waals surface area contributed by atoms with Crippen LogP contribution < -0.4 is 14.8 Å². The van der Waals surface area contributed by atoms with Gasteiger partial charge in [0.05, 0.1) is 23.0 Å². The zero-order valence-electron chi connectivity index (χ0n) is 19.3. The molecule has 8 heteroatoms. The number of furan rings is 1. The molecule has 0 saturated heterocycles. The SMILES string of the molecule is O=C(COC(=O)c1c2c(nc3ccccc13)C(=Cc1ccco1)CC2)NCc1ccc2c(c1)OCO2. The van der Waals surface area contributed by atoms with Gasteiger partial charge in [-0.1, -0.05) is 24.3 Å². The first-order valence-electron chi connectivity index (χ1n) is 11.6. The number of ether oxygens (including phenoxy) is 3. The van der Waals surface area contributed by atoms with Crippen LogP contribution in [-0.4, -0.2) is 30.3 Å². The van der Waals surface area contributed by atoms with E-state index in [9.17, 15) is 9.59 Å². The largest absolute Gasteiger partial charge is 0.465 e. The van der Waals surface area contributed by atoms with E-state index in [1.54, 1.807) is 12.3 Å². The third kappa shape index (κ3) is 4.17. The first-order valence-corrected chi connectivity index (χ1v) is 11.6. The normalized spacial score (nSPS) is 14.7. The number of rotatable bonds is 6. The van der Waals surface area contributed by atoms with Crippen LogP contribution in [0.5, 0.6) is 11.5 Å². The first kappa shape index (κ1) is 21.9. The number of hydrogen-bond acceptors (Lipinski definition) is 7. The van der Waals surface area contributed by atoms with Crippen molar-refractivity contribution in [2.24, 2.45) is 0 Å². The maximum atomic E-state index is 13.3. The lowest BCUT2D eigenvalue weighted by molar-refractivity contribution is -0.124. The van der Waals surface area contributed by atoms with Crippen LogP contribution in [0.1, 0.15) is 39.4 Å². The molecule has 3 heterocycles. The van der Waals surface area contributed by atoms with E-state index in [0.717, 1.165) is 34.6 Å². The van der Waals surface area contributed by atoms with Gasteiger partial charge in [0.2, 0.25) is 6.79 Å². The van der Waals surface area contributed by atoms with Gasteiger partial charge in [-0.15, -0.1) is 0 Å². The van der Waals surface area contributed by atoms with Gasteiger partial charge in [-0.2, -0.15) is 0 Å². The molecule has 2 aromatic heterocycles. The minimum atomic E-state index is -0.540. The molecule has 0 unspecified atom stereocenters. The standard InChI is InChI=1S/C28H22N2O6/c31-25(29-14-17-7-10-23-24(12-17)36-16-35-23)15-34-28(32)26-20-5-1-2-6-22(20)30-27-18(8-9-21(26)27)13-19-4-3-11-33-19/h1-7,10-13H,8-9,14-16H2,(H,29,31). The lowest BCUT2D eigenvalue weighted by atomic mass is 10.0. The summed E-state index contributed by atoms with van der Waals surface area (Å²) in [6, 6.07) is 16.6. The number of carbonyl (C=O) groups excluding carboxylic acids is 2. The Morgan fingerprint density at radius 1 is 1.03 bits per heavy atom. The van der Waals surface area contributed by atoms with Crippen molar-refractivity contribution in [3.05, 3.63) is 89.0 Å². The van der Waals surface area contributed by atoms with Crippen LogP contribution in [0.25, 0.3) is 22.6 Å². The minimum Gasteiger partial charge on any atom is -0.465 e. The number of allylic oxidation sites excluding steroid dienone is 1. The molecule has 0 saturated carbocycles. The van der Waals surface area contributed by atoms with E-state index in [0.29, 0.717) is 34.4 Å². The highest BCUT2D eigenvalue weighted by Crippen LogP contribution is 2.38. The van der Waals surface area contributed by atoms with Crippen LogP contribution in [0.2, 0.25) is 0 Å². The fourth-order valence-electron chi connectivity index (χ4n) is 4.56. The van der Waals surface area contributed by atoms with Gasteiger partial charge in [-0.3, -0.25) is 4.79 Å². The Kier molecular flexibility index (Phi) is 5.61. The number of esters is 1. The average Bonchev–Trinajstić information content (AvgIpc) is 3.66. The number of carbonyl (C=O) groups is 2. The van der Waals surface area contributed by atoms with E-state index in [1.807, 2.05) is 54.6 Å². The van der Waals surface area contributed by atoms with E-state index < -0.39 is 11.9 Å². The van der Waals surface area contributed by atoms with E-state index in [4.69, 9.17) is 23.6 Å². The third-order valence-electron chi connectivity index (χ3n) is 6.27. The highest BCUT2D eigenvalue weighted by atomic mass is 16.7. The van der Waals surface area contributed by atoms with E-state index in [1.165, 1.54) is 0 Å². The summed E-state index contributed by atoms with van der Waals surface area (Å²) >= 11 is 0. The number of amides is 1. The van der Waals surface area contributed by atoms with Gasteiger partial charge >= 0.3 is 5.97 Å². The zero-order valence-corrected chi connectivity index (χ0v) is 19.3. The molecule has 36 heavy (non-hydrogen) atoms.